The molecule has 0 atom stereocenters. The molecule has 0 aliphatic heterocycles. The maximum atomic E-state index is 12.7. The van der Waals surface area contributed by atoms with E-state index in [1.165, 1.54) is 12.1 Å². The zero-order chi connectivity index (χ0) is 25.1. The number of hydrogen-bond acceptors (Lipinski definition) is 5. The molecule has 0 saturated carbocycles. The summed E-state index contributed by atoms with van der Waals surface area (Å²) in [4.78, 5) is 20.9. The van der Waals surface area contributed by atoms with Gasteiger partial charge >= 0.3 is 12.2 Å². The van der Waals surface area contributed by atoms with Gasteiger partial charge < -0.3 is 15.2 Å². The highest BCUT2D eigenvalue weighted by molar-refractivity contribution is 6.00. The quantitative estimate of drug-likeness (QED) is 0.293. The van der Waals surface area contributed by atoms with Gasteiger partial charge in [-0.15, -0.1) is 0 Å². The predicted molar refractivity (Wildman–Crippen MR) is 128 cm³/mol. The Morgan fingerprint density at radius 2 is 1.61 bits per heavy atom. The van der Waals surface area contributed by atoms with E-state index in [-0.39, 0.29) is 11.9 Å². The van der Waals surface area contributed by atoms with Crippen molar-refractivity contribution in [2.75, 3.05) is 10.6 Å². The van der Waals surface area contributed by atoms with Crippen LogP contribution in [0.15, 0.2) is 89.6 Å². The lowest BCUT2D eigenvalue weighted by atomic mass is 10.1. The van der Waals surface area contributed by atoms with Crippen molar-refractivity contribution in [3.63, 3.8) is 0 Å². The second kappa shape index (κ2) is 9.49. The minimum Gasteiger partial charge on any atom is -0.334 e. The van der Waals surface area contributed by atoms with Gasteiger partial charge in [0.1, 0.15) is 0 Å². The van der Waals surface area contributed by atoms with Crippen LogP contribution in [-0.2, 0) is 12.6 Å². The summed E-state index contributed by atoms with van der Waals surface area (Å²) < 4.78 is 43.4. The van der Waals surface area contributed by atoms with E-state index in [1.54, 1.807) is 24.4 Å². The molecular formula is C26H18F3N5O2. The van der Waals surface area contributed by atoms with Gasteiger partial charge in [0.2, 0.25) is 0 Å². The van der Waals surface area contributed by atoms with Gasteiger partial charge in [0.15, 0.2) is 5.82 Å². The van der Waals surface area contributed by atoms with Crippen LogP contribution in [0.3, 0.4) is 0 Å². The van der Waals surface area contributed by atoms with Crippen molar-refractivity contribution >= 4 is 28.3 Å². The fourth-order valence-electron chi connectivity index (χ4n) is 3.58. The van der Waals surface area contributed by atoms with E-state index in [0.717, 1.165) is 28.6 Å². The Bertz CT molecular complexity index is 1510. The number of hydrogen-bond donors (Lipinski definition) is 2. The first kappa shape index (κ1) is 23.0. The van der Waals surface area contributed by atoms with Gasteiger partial charge in [0.05, 0.1) is 11.1 Å². The summed E-state index contributed by atoms with van der Waals surface area (Å²) in [5.41, 5.74) is 2.59. The van der Waals surface area contributed by atoms with Crippen molar-refractivity contribution in [2.24, 2.45) is 0 Å². The molecule has 2 amide bonds. The largest absolute Gasteiger partial charge is 0.416 e. The molecule has 3 aromatic carbocycles. The number of nitrogens with one attached hydrogen (secondary N) is 2. The Kier molecular flexibility index (Phi) is 6.07. The Hall–Kier alpha value is -4.73. The van der Waals surface area contributed by atoms with Gasteiger partial charge in [0, 0.05) is 34.9 Å². The second-order valence-electron chi connectivity index (χ2n) is 7.95. The van der Waals surface area contributed by atoms with Gasteiger partial charge in [-0.05, 0) is 66.2 Å². The molecule has 0 aliphatic rings. The number of fused-ring (bicyclic) bond motifs is 1. The van der Waals surface area contributed by atoms with Crippen LogP contribution in [0.2, 0.25) is 0 Å². The topological polar surface area (TPSA) is 92.9 Å². The Morgan fingerprint density at radius 1 is 0.889 bits per heavy atom. The lowest BCUT2D eigenvalue weighted by Gasteiger charge is -2.09. The fraction of sp³-hybridized carbons (Fsp3) is 0.0769. The van der Waals surface area contributed by atoms with Crippen LogP contribution in [-0.4, -0.2) is 21.2 Å². The summed E-state index contributed by atoms with van der Waals surface area (Å²) >= 11 is 0. The maximum Gasteiger partial charge on any atom is 0.416 e. The van der Waals surface area contributed by atoms with Crippen LogP contribution in [0.1, 0.15) is 17.0 Å². The van der Waals surface area contributed by atoms with Crippen LogP contribution < -0.4 is 10.6 Å². The summed E-state index contributed by atoms with van der Waals surface area (Å²) in [5.74, 6) is 0.521. The summed E-state index contributed by atoms with van der Waals surface area (Å²) in [6, 6.07) is 20.5. The van der Waals surface area contributed by atoms with Gasteiger partial charge in [-0.2, -0.15) is 18.2 Å². The molecule has 0 aliphatic carbocycles. The van der Waals surface area contributed by atoms with Crippen molar-refractivity contribution < 1.29 is 22.5 Å². The highest BCUT2D eigenvalue weighted by atomic mass is 19.4. The molecule has 2 aromatic heterocycles. The molecule has 180 valence electrons. The average Bonchev–Trinajstić information content (AvgIpc) is 3.33. The number of amides is 2. The number of aromatic nitrogens is 3. The van der Waals surface area contributed by atoms with Crippen LogP contribution in [0, 0.1) is 0 Å². The Labute approximate surface area is 203 Å². The molecule has 7 nitrogen and oxygen atoms in total. The van der Waals surface area contributed by atoms with Gasteiger partial charge in [-0.25, -0.2) is 4.79 Å². The van der Waals surface area contributed by atoms with E-state index in [0.29, 0.717) is 29.2 Å². The predicted octanol–water partition coefficient (Wildman–Crippen LogP) is 6.54. The number of carbonyl (C=O) groups excluding carboxylic acids is 1. The normalized spacial score (nSPS) is 11.4. The number of alkyl halides is 3. The number of anilines is 2. The molecule has 0 unspecified atom stereocenters. The molecule has 2 N–H and O–H groups in total. The average molecular weight is 489 g/mol. The molecule has 5 aromatic rings. The molecule has 0 saturated heterocycles. The standard InChI is InChI=1S/C26H18F3N5O2/c27-26(28,29)19-7-5-17(6-8-19)24-33-23(34-36-24)14-16-3-9-20(10-4-16)31-25(35)32-21-11-12-22-18(15-21)2-1-13-30-22/h1-13,15H,14H2,(H2,31,32,35). The number of urea groups is 1. The summed E-state index contributed by atoms with van der Waals surface area (Å²) in [5, 5.41) is 10.4. The number of carbonyl (C=O) groups is 1. The van der Waals surface area contributed by atoms with E-state index in [2.05, 4.69) is 25.8 Å². The fourth-order valence-corrected chi connectivity index (χ4v) is 3.58. The molecule has 0 radical (unpaired) electrons. The monoisotopic (exact) mass is 489 g/mol. The molecule has 10 heteroatoms. The SMILES string of the molecule is O=C(Nc1ccc(Cc2noc(-c3ccc(C(F)(F)F)cc3)n2)cc1)Nc1ccc2ncccc2c1. The highest BCUT2D eigenvalue weighted by Crippen LogP contribution is 2.30. The zero-order valence-electron chi connectivity index (χ0n) is 18.6. The van der Waals surface area contributed by atoms with E-state index in [9.17, 15) is 18.0 Å². The molecular weight excluding hydrogens is 471 g/mol. The third-order valence-corrected chi connectivity index (χ3v) is 5.36. The summed E-state index contributed by atoms with van der Waals surface area (Å²) in [6.07, 6.45) is -2.35. The molecule has 5 rings (SSSR count). The van der Waals surface area contributed by atoms with Crippen LogP contribution >= 0.6 is 0 Å². The van der Waals surface area contributed by atoms with E-state index in [1.807, 2.05) is 36.4 Å². The summed E-state index contributed by atoms with van der Waals surface area (Å²) in [6.45, 7) is 0. The summed E-state index contributed by atoms with van der Waals surface area (Å²) in [7, 11) is 0. The molecule has 36 heavy (non-hydrogen) atoms. The smallest absolute Gasteiger partial charge is 0.334 e. The molecule has 0 fully saturated rings. The van der Waals surface area contributed by atoms with Crippen molar-refractivity contribution in [1.29, 1.82) is 0 Å². The highest BCUT2D eigenvalue weighted by Gasteiger charge is 2.30. The van der Waals surface area contributed by atoms with Crippen molar-refractivity contribution in [3.8, 4) is 11.5 Å². The number of nitrogens with zero attached hydrogens (tertiary/aromatic N) is 3. The molecule has 0 bridgehead atoms. The first-order valence-electron chi connectivity index (χ1n) is 10.9. The van der Waals surface area contributed by atoms with Crippen molar-refractivity contribution in [3.05, 3.63) is 102 Å². The number of pyridine rings is 1. The number of rotatable bonds is 5. The van der Waals surface area contributed by atoms with E-state index in [4.69, 9.17) is 4.52 Å². The number of halogens is 3. The van der Waals surface area contributed by atoms with Crippen molar-refractivity contribution in [1.82, 2.24) is 15.1 Å². The van der Waals surface area contributed by atoms with Gasteiger partial charge in [0.25, 0.3) is 5.89 Å². The van der Waals surface area contributed by atoms with Crippen LogP contribution in [0.5, 0.6) is 0 Å². The Balaban J connectivity index is 1.18. The zero-order valence-corrected chi connectivity index (χ0v) is 18.6. The third-order valence-electron chi connectivity index (χ3n) is 5.36. The second-order valence-corrected chi connectivity index (χ2v) is 7.95. The Morgan fingerprint density at radius 3 is 2.36 bits per heavy atom. The molecule has 2 heterocycles. The van der Waals surface area contributed by atoms with E-state index >= 15 is 0 Å². The van der Waals surface area contributed by atoms with Gasteiger partial charge in [-0.1, -0.05) is 23.4 Å². The van der Waals surface area contributed by atoms with E-state index < -0.39 is 11.7 Å². The van der Waals surface area contributed by atoms with Crippen molar-refractivity contribution in [2.45, 2.75) is 12.6 Å². The molecule has 0 spiro atoms. The number of benzene rings is 3. The lowest BCUT2D eigenvalue weighted by Crippen LogP contribution is -2.19. The van der Waals surface area contributed by atoms with Crippen LogP contribution in [0.25, 0.3) is 22.4 Å². The van der Waals surface area contributed by atoms with Gasteiger partial charge in [-0.3, -0.25) is 4.98 Å². The minimum absolute atomic E-state index is 0.137. The maximum absolute atomic E-state index is 12.7. The lowest BCUT2D eigenvalue weighted by molar-refractivity contribution is -0.137. The first-order chi connectivity index (χ1) is 17.3. The minimum atomic E-state index is -4.41. The third kappa shape index (κ3) is 5.33. The van der Waals surface area contributed by atoms with Crippen LogP contribution in [0.4, 0.5) is 29.3 Å². The first-order valence-corrected chi connectivity index (χ1v) is 10.9.